The Hall–Kier alpha value is -0.690. The third-order valence-electron chi connectivity index (χ3n) is 2.69. The van der Waals surface area contributed by atoms with Gasteiger partial charge in [0, 0.05) is 7.05 Å². The van der Waals surface area contributed by atoms with Gasteiger partial charge < -0.3 is 25.4 Å². The van der Waals surface area contributed by atoms with Crippen molar-refractivity contribution >= 4 is 5.91 Å². The highest BCUT2D eigenvalue weighted by Gasteiger charge is 2.46. The lowest BCUT2D eigenvalue weighted by Crippen LogP contribution is -2.42. The highest BCUT2D eigenvalue weighted by molar-refractivity contribution is 5.79. The van der Waals surface area contributed by atoms with Gasteiger partial charge in [-0.2, -0.15) is 0 Å². The van der Waals surface area contributed by atoms with Crippen LogP contribution in [0.2, 0.25) is 0 Å². The molecule has 1 aliphatic heterocycles. The Labute approximate surface area is 87.9 Å². The lowest BCUT2D eigenvalue weighted by atomic mass is 9.93. The third kappa shape index (κ3) is 2.28. The van der Waals surface area contributed by atoms with Gasteiger partial charge in [-0.1, -0.05) is 6.92 Å². The zero-order valence-corrected chi connectivity index (χ0v) is 8.75. The van der Waals surface area contributed by atoms with E-state index in [1.54, 1.807) is 6.92 Å². The molecule has 88 valence electrons. The molecule has 4 N–H and O–H groups in total. The first-order valence-electron chi connectivity index (χ1n) is 4.94. The van der Waals surface area contributed by atoms with Gasteiger partial charge in [0.15, 0.2) is 6.29 Å². The van der Waals surface area contributed by atoms with Gasteiger partial charge in [0.25, 0.3) is 0 Å². The SMILES string of the molecule is CC[C@@H](C(=O)NC)C1O[C@H](O)[C@H](O)[C@H]1O. The lowest BCUT2D eigenvalue weighted by molar-refractivity contribution is -0.147. The van der Waals surface area contributed by atoms with Crippen molar-refractivity contribution in [2.24, 2.45) is 5.92 Å². The fourth-order valence-electron chi connectivity index (χ4n) is 1.77. The molecule has 1 unspecified atom stereocenters. The van der Waals surface area contributed by atoms with E-state index in [4.69, 9.17) is 4.74 Å². The summed E-state index contributed by atoms with van der Waals surface area (Å²) >= 11 is 0. The number of nitrogens with one attached hydrogen (secondary N) is 1. The molecule has 0 saturated carbocycles. The molecule has 15 heavy (non-hydrogen) atoms. The number of carbonyl (C=O) groups excluding carboxylic acids is 1. The Morgan fingerprint density at radius 3 is 2.33 bits per heavy atom. The summed E-state index contributed by atoms with van der Waals surface area (Å²) in [4.78, 5) is 11.4. The van der Waals surface area contributed by atoms with Crippen molar-refractivity contribution in [2.45, 2.75) is 37.9 Å². The van der Waals surface area contributed by atoms with E-state index in [2.05, 4.69) is 5.32 Å². The molecule has 0 aromatic rings. The molecule has 0 bridgehead atoms. The molecule has 1 heterocycles. The molecule has 0 aliphatic carbocycles. The van der Waals surface area contributed by atoms with E-state index in [9.17, 15) is 20.1 Å². The quantitative estimate of drug-likeness (QED) is 0.449. The van der Waals surface area contributed by atoms with Gasteiger partial charge in [-0.05, 0) is 6.42 Å². The third-order valence-corrected chi connectivity index (χ3v) is 2.69. The average Bonchev–Trinajstić information content (AvgIpc) is 2.47. The van der Waals surface area contributed by atoms with Crippen molar-refractivity contribution in [3.63, 3.8) is 0 Å². The van der Waals surface area contributed by atoms with E-state index in [0.717, 1.165) is 0 Å². The fourth-order valence-corrected chi connectivity index (χ4v) is 1.77. The van der Waals surface area contributed by atoms with Crippen LogP contribution in [0.15, 0.2) is 0 Å². The highest BCUT2D eigenvalue weighted by Crippen LogP contribution is 2.27. The minimum absolute atomic E-state index is 0.275. The second kappa shape index (κ2) is 4.89. The molecular weight excluding hydrogens is 202 g/mol. The first kappa shape index (κ1) is 12.4. The number of aliphatic hydroxyl groups excluding tert-OH is 3. The maximum absolute atomic E-state index is 11.4. The first-order valence-corrected chi connectivity index (χ1v) is 4.94. The maximum atomic E-state index is 11.4. The molecular formula is C9H17NO5. The second-order valence-corrected chi connectivity index (χ2v) is 3.60. The van der Waals surface area contributed by atoms with Crippen LogP contribution in [0.5, 0.6) is 0 Å². The molecule has 0 spiro atoms. The molecule has 1 aliphatic rings. The van der Waals surface area contributed by atoms with Gasteiger partial charge in [-0.15, -0.1) is 0 Å². The van der Waals surface area contributed by atoms with Crippen molar-refractivity contribution < 1.29 is 24.9 Å². The van der Waals surface area contributed by atoms with E-state index >= 15 is 0 Å². The Balaban J connectivity index is 2.74. The maximum Gasteiger partial charge on any atom is 0.225 e. The van der Waals surface area contributed by atoms with E-state index in [1.165, 1.54) is 7.05 Å². The van der Waals surface area contributed by atoms with Crippen molar-refractivity contribution in [1.29, 1.82) is 0 Å². The number of hydrogen-bond acceptors (Lipinski definition) is 5. The van der Waals surface area contributed by atoms with Crippen LogP contribution in [0, 0.1) is 5.92 Å². The van der Waals surface area contributed by atoms with Gasteiger partial charge in [-0.3, -0.25) is 4.79 Å². The predicted octanol–water partition coefficient (Wildman–Crippen LogP) is -1.80. The van der Waals surface area contributed by atoms with Crippen LogP contribution < -0.4 is 5.32 Å². The van der Waals surface area contributed by atoms with Gasteiger partial charge in [-0.25, -0.2) is 0 Å². The molecule has 6 nitrogen and oxygen atoms in total. The van der Waals surface area contributed by atoms with Gasteiger partial charge in [0.2, 0.25) is 5.91 Å². The Morgan fingerprint density at radius 2 is 2.00 bits per heavy atom. The van der Waals surface area contributed by atoms with Crippen LogP contribution in [-0.4, -0.2) is 52.9 Å². The van der Waals surface area contributed by atoms with Crippen LogP contribution in [0.1, 0.15) is 13.3 Å². The molecule has 1 rings (SSSR count). The van der Waals surface area contributed by atoms with Crippen LogP contribution in [0.3, 0.4) is 0 Å². The highest BCUT2D eigenvalue weighted by atomic mass is 16.6. The number of amides is 1. The Morgan fingerprint density at radius 1 is 1.40 bits per heavy atom. The summed E-state index contributed by atoms with van der Waals surface area (Å²) in [6.07, 6.45) is -4.42. The number of rotatable bonds is 3. The zero-order chi connectivity index (χ0) is 11.6. The standard InChI is InChI=1S/C9H17NO5/c1-3-4(8(13)10-2)7-5(11)6(12)9(14)15-7/h4-7,9,11-12,14H,3H2,1-2H3,(H,10,13)/t4-,5-,6-,7?,9+/m1/s1. The number of ether oxygens (including phenoxy) is 1. The summed E-state index contributed by atoms with van der Waals surface area (Å²) in [6, 6.07) is 0. The minimum Gasteiger partial charge on any atom is -0.387 e. The smallest absolute Gasteiger partial charge is 0.225 e. The van der Waals surface area contributed by atoms with Gasteiger partial charge in [0.05, 0.1) is 5.92 Å². The molecule has 1 amide bonds. The summed E-state index contributed by atoms with van der Waals surface area (Å²) in [5.41, 5.74) is 0. The largest absolute Gasteiger partial charge is 0.387 e. The van der Waals surface area contributed by atoms with E-state index in [1.807, 2.05) is 0 Å². The van der Waals surface area contributed by atoms with Crippen molar-refractivity contribution in [3.05, 3.63) is 0 Å². The molecule has 1 fully saturated rings. The number of carbonyl (C=O) groups is 1. The summed E-state index contributed by atoms with van der Waals surface area (Å²) in [7, 11) is 1.49. The average molecular weight is 219 g/mol. The number of aliphatic hydroxyl groups is 3. The Kier molecular flexibility index (Phi) is 4.04. The first-order chi connectivity index (χ1) is 7.02. The van der Waals surface area contributed by atoms with Crippen molar-refractivity contribution in [3.8, 4) is 0 Å². The second-order valence-electron chi connectivity index (χ2n) is 3.60. The van der Waals surface area contributed by atoms with Crippen LogP contribution in [0.4, 0.5) is 0 Å². The molecule has 5 atom stereocenters. The zero-order valence-electron chi connectivity index (χ0n) is 8.75. The van der Waals surface area contributed by atoms with E-state index in [0.29, 0.717) is 6.42 Å². The van der Waals surface area contributed by atoms with Gasteiger partial charge >= 0.3 is 0 Å². The summed E-state index contributed by atoms with van der Waals surface area (Å²) in [5.74, 6) is -0.848. The van der Waals surface area contributed by atoms with Crippen LogP contribution in [-0.2, 0) is 9.53 Å². The molecule has 0 aromatic carbocycles. The lowest BCUT2D eigenvalue weighted by Gasteiger charge is -2.22. The fraction of sp³-hybridized carbons (Fsp3) is 0.889. The molecule has 1 saturated heterocycles. The normalized spacial score (nSPS) is 37.7. The molecule has 0 radical (unpaired) electrons. The minimum atomic E-state index is -1.43. The van der Waals surface area contributed by atoms with E-state index < -0.39 is 30.5 Å². The monoisotopic (exact) mass is 219 g/mol. The van der Waals surface area contributed by atoms with Crippen LogP contribution in [0.25, 0.3) is 0 Å². The summed E-state index contributed by atoms with van der Waals surface area (Å²) in [6.45, 7) is 1.77. The number of hydrogen-bond donors (Lipinski definition) is 4. The van der Waals surface area contributed by atoms with Crippen molar-refractivity contribution in [1.82, 2.24) is 5.32 Å². The van der Waals surface area contributed by atoms with Crippen LogP contribution >= 0.6 is 0 Å². The topological polar surface area (TPSA) is 99.0 Å². The van der Waals surface area contributed by atoms with Crippen molar-refractivity contribution in [2.75, 3.05) is 7.05 Å². The Bertz CT molecular complexity index is 235. The molecule has 6 heteroatoms. The summed E-state index contributed by atoms with van der Waals surface area (Å²) < 4.78 is 4.96. The molecule has 0 aromatic heterocycles. The van der Waals surface area contributed by atoms with Gasteiger partial charge in [0.1, 0.15) is 18.3 Å². The predicted molar refractivity (Wildman–Crippen MR) is 50.7 cm³/mol. The van der Waals surface area contributed by atoms with E-state index in [-0.39, 0.29) is 5.91 Å². The summed E-state index contributed by atoms with van der Waals surface area (Å²) in [5, 5.41) is 30.5.